The lowest BCUT2D eigenvalue weighted by Crippen LogP contribution is -2.38. The zero-order valence-corrected chi connectivity index (χ0v) is 14.6. The van der Waals surface area contributed by atoms with Crippen molar-refractivity contribution in [2.75, 3.05) is 26.7 Å². The standard InChI is InChI=1S/C18H25N3OS/c1-3-19-18(20-12-11-16-10-7-13-23-16)21-14-17(22-2)15-8-5-4-6-9-15/h4-10,13,17H,3,11-12,14H2,1-2H3,(H2,19,20,21). The molecule has 1 aromatic heterocycles. The van der Waals surface area contributed by atoms with Crippen molar-refractivity contribution in [2.45, 2.75) is 19.4 Å². The van der Waals surface area contributed by atoms with Crippen LogP contribution >= 0.6 is 11.3 Å². The molecule has 0 spiro atoms. The van der Waals surface area contributed by atoms with Gasteiger partial charge in [0.2, 0.25) is 0 Å². The molecule has 124 valence electrons. The average molecular weight is 331 g/mol. The molecule has 23 heavy (non-hydrogen) atoms. The normalized spacial score (nSPS) is 12.9. The summed E-state index contributed by atoms with van der Waals surface area (Å²) in [5, 5.41) is 8.77. The summed E-state index contributed by atoms with van der Waals surface area (Å²) in [5.74, 6) is 0.835. The van der Waals surface area contributed by atoms with Crippen molar-refractivity contribution in [3.8, 4) is 0 Å². The summed E-state index contributed by atoms with van der Waals surface area (Å²) >= 11 is 1.79. The number of aliphatic imine (C=N–C) groups is 1. The van der Waals surface area contributed by atoms with Crippen LogP contribution < -0.4 is 10.6 Å². The van der Waals surface area contributed by atoms with Crippen LogP contribution in [0.1, 0.15) is 23.5 Å². The first-order chi connectivity index (χ1) is 11.3. The molecule has 0 fully saturated rings. The molecule has 1 unspecified atom stereocenters. The van der Waals surface area contributed by atoms with Crippen LogP contribution in [0.3, 0.4) is 0 Å². The van der Waals surface area contributed by atoms with E-state index in [0.29, 0.717) is 6.54 Å². The molecule has 1 atom stereocenters. The van der Waals surface area contributed by atoms with E-state index in [4.69, 9.17) is 4.74 Å². The molecule has 0 aliphatic heterocycles. The van der Waals surface area contributed by atoms with Crippen LogP contribution in [0.25, 0.3) is 0 Å². The van der Waals surface area contributed by atoms with E-state index < -0.39 is 0 Å². The van der Waals surface area contributed by atoms with Crippen molar-refractivity contribution >= 4 is 17.3 Å². The SMILES string of the molecule is CCNC(=NCC(OC)c1ccccc1)NCCc1cccs1. The summed E-state index contributed by atoms with van der Waals surface area (Å²) in [5.41, 5.74) is 1.15. The Labute approximate surface area is 142 Å². The molecule has 2 N–H and O–H groups in total. The van der Waals surface area contributed by atoms with E-state index in [1.54, 1.807) is 18.4 Å². The number of methoxy groups -OCH3 is 1. The van der Waals surface area contributed by atoms with E-state index >= 15 is 0 Å². The first kappa shape index (κ1) is 17.5. The smallest absolute Gasteiger partial charge is 0.191 e. The van der Waals surface area contributed by atoms with Crippen LogP contribution in [0, 0.1) is 0 Å². The van der Waals surface area contributed by atoms with Gasteiger partial charge in [-0.2, -0.15) is 0 Å². The maximum Gasteiger partial charge on any atom is 0.191 e. The molecular weight excluding hydrogens is 306 g/mol. The number of nitrogens with one attached hydrogen (secondary N) is 2. The first-order valence-corrected chi connectivity index (χ1v) is 8.83. The van der Waals surface area contributed by atoms with Gasteiger partial charge in [-0.3, -0.25) is 4.99 Å². The van der Waals surface area contributed by atoms with Crippen molar-refractivity contribution in [2.24, 2.45) is 4.99 Å². The van der Waals surface area contributed by atoms with Crippen LogP contribution in [0.4, 0.5) is 0 Å². The summed E-state index contributed by atoms with van der Waals surface area (Å²) in [6.07, 6.45) is 0.984. The third kappa shape index (κ3) is 6.04. The van der Waals surface area contributed by atoms with Crippen LogP contribution in [-0.2, 0) is 11.2 Å². The highest BCUT2D eigenvalue weighted by molar-refractivity contribution is 7.09. The minimum absolute atomic E-state index is 0.0241. The second-order valence-corrected chi connectivity index (χ2v) is 6.14. The second-order valence-electron chi connectivity index (χ2n) is 5.11. The van der Waals surface area contributed by atoms with Crippen LogP contribution in [0.2, 0.25) is 0 Å². The largest absolute Gasteiger partial charge is 0.375 e. The fourth-order valence-corrected chi connectivity index (χ4v) is 2.97. The van der Waals surface area contributed by atoms with Crippen molar-refractivity contribution < 1.29 is 4.74 Å². The molecule has 0 amide bonds. The molecule has 4 nitrogen and oxygen atoms in total. The number of hydrogen-bond donors (Lipinski definition) is 2. The highest BCUT2D eigenvalue weighted by Crippen LogP contribution is 2.16. The Morgan fingerprint density at radius 2 is 2.00 bits per heavy atom. The Hall–Kier alpha value is -1.85. The van der Waals surface area contributed by atoms with Crippen molar-refractivity contribution in [1.29, 1.82) is 0 Å². The van der Waals surface area contributed by atoms with Gasteiger partial charge in [0.25, 0.3) is 0 Å². The molecule has 2 rings (SSSR count). The van der Waals surface area contributed by atoms with E-state index in [1.807, 2.05) is 18.2 Å². The zero-order chi connectivity index (χ0) is 16.3. The molecule has 2 aromatic rings. The molecular formula is C18H25N3OS. The molecule has 5 heteroatoms. The number of hydrogen-bond acceptors (Lipinski definition) is 3. The highest BCUT2D eigenvalue weighted by atomic mass is 32.1. The Bertz CT molecular complexity index is 569. The second kappa shape index (κ2) is 10.0. The summed E-state index contributed by atoms with van der Waals surface area (Å²) < 4.78 is 5.57. The monoisotopic (exact) mass is 331 g/mol. The number of guanidine groups is 1. The quantitative estimate of drug-likeness (QED) is 0.577. The molecule has 0 aliphatic carbocycles. The van der Waals surface area contributed by atoms with Crippen molar-refractivity contribution in [3.05, 3.63) is 58.3 Å². The minimum Gasteiger partial charge on any atom is -0.375 e. The van der Waals surface area contributed by atoms with Gasteiger partial charge in [-0.1, -0.05) is 36.4 Å². The lowest BCUT2D eigenvalue weighted by atomic mass is 10.1. The minimum atomic E-state index is -0.0241. The summed E-state index contributed by atoms with van der Waals surface area (Å²) in [4.78, 5) is 6.03. The van der Waals surface area contributed by atoms with Gasteiger partial charge in [0.05, 0.1) is 6.54 Å². The van der Waals surface area contributed by atoms with Crippen LogP contribution in [0.15, 0.2) is 52.8 Å². The number of rotatable bonds is 8. The fraction of sp³-hybridized carbons (Fsp3) is 0.389. The van der Waals surface area contributed by atoms with Gasteiger partial charge in [-0.15, -0.1) is 11.3 Å². The third-order valence-electron chi connectivity index (χ3n) is 3.46. The van der Waals surface area contributed by atoms with E-state index in [9.17, 15) is 0 Å². The summed E-state index contributed by atoms with van der Waals surface area (Å²) in [6, 6.07) is 14.4. The van der Waals surface area contributed by atoms with Gasteiger partial charge in [-0.25, -0.2) is 0 Å². The van der Waals surface area contributed by atoms with Crippen LogP contribution in [0.5, 0.6) is 0 Å². The average Bonchev–Trinajstić information content (AvgIpc) is 3.10. The van der Waals surface area contributed by atoms with E-state index in [1.165, 1.54) is 4.88 Å². The predicted octanol–water partition coefficient (Wildman–Crippen LogP) is 3.23. The van der Waals surface area contributed by atoms with Crippen molar-refractivity contribution in [1.82, 2.24) is 10.6 Å². The van der Waals surface area contributed by atoms with Gasteiger partial charge >= 0.3 is 0 Å². The molecule has 0 bridgehead atoms. The molecule has 0 aliphatic rings. The Morgan fingerprint density at radius 3 is 2.65 bits per heavy atom. The number of benzene rings is 1. The fourth-order valence-electron chi connectivity index (χ4n) is 2.26. The molecule has 0 saturated carbocycles. The zero-order valence-electron chi connectivity index (χ0n) is 13.8. The number of thiophene rings is 1. The Balaban J connectivity index is 1.88. The molecule has 0 radical (unpaired) electrons. The number of nitrogens with zero attached hydrogens (tertiary/aromatic N) is 1. The van der Waals surface area contributed by atoms with Crippen LogP contribution in [-0.4, -0.2) is 32.7 Å². The molecule has 1 heterocycles. The van der Waals surface area contributed by atoms with Gasteiger partial charge < -0.3 is 15.4 Å². The third-order valence-corrected chi connectivity index (χ3v) is 4.40. The lowest BCUT2D eigenvalue weighted by Gasteiger charge is -2.15. The summed E-state index contributed by atoms with van der Waals surface area (Å²) in [6.45, 7) is 4.37. The van der Waals surface area contributed by atoms with E-state index in [-0.39, 0.29) is 6.10 Å². The lowest BCUT2D eigenvalue weighted by molar-refractivity contribution is 0.111. The van der Waals surface area contributed by atoms with Crippen molar-refractivity contribution in [3.63, 3.8) is 0 Å². The predicted molar refractivity (Wildman–Crippen MR) is 98.2 cm³/mol. The van der Waals surface area contributed by atoms with Gasteiger partial charge in [0.15, 0.2) is 5.96 Å². The Morgan fingerprint density at radius 1 is 1.17 bits per heavy atom. The molecule has 1 aromatic carbocycles. The maximum absolute atomic E-state index is 5.57. The maximum atomic E-state index is 5.57. The topological polar surface area (TPSA) is 45.7 Å². The Kier molecular flexibility index (Phi) is 7.63. The van der Waals surface area contributed by atoms with E-state index in [0.717, 1.165) is 31.0 Å². The summed E-state index contributed by atoms with van der Waals surface area (Å²) in [7, 11) is 1.73. The first-order valence-electron chi connectivity index (χ1n) is 7.95. The van der Waals surface area contributed by atoms with Gasteiger partial charge in [-0.05, 0) is 30.4 Å². The van der Waals surface area contributed by atoms with Gasteiger partial charge in [0.1, 0.15) is 6.10 Å². The van der Waals surface area contributed by atoms with Gasteiger partial charge in [0, 0.05) is 25.1 Å². The molecule has 0 saturated heterocycles. The number of ether oxygens (including phenoxy) is 1. The van der Waals surface area contributed by atoms with E-state index in [2.05, 4.69) is 52.2 Å². The highest BCUT2D eigenvalue weighted by Gasteiger charge is 2.09.